The average Bonchev–Trinajstić information content (AvgIpc) is 2.91. The number of carbonyl (C=O) groups excluding carboxylic acids is 1. The Morgan fingerprint density at radius 3 is 2.77 bits per heavy atom. The molecule has 2 saturated heterocycles. The van der Waals surface area contributed by atoms with E-state index >= 15 is 0 Å². The largest absolute Gasteiger partial charge is 0.489 e. The molecule has 3 aromatic rings. The van der Waals surface area contributed by atoms with Gasteiger partial charge in [-0.1, -0.05) is 0 Å². The number of ketones is 1. The van der Waals surface area contributed by atoms with Crippen molar-refractivity contribution < 1.29 is 14.3 Å². The Hall–Kier alpha value is -3.56. The van der Waals surface area contributed by atoms with E-state index in [4.69, 9.17) is 15.2 Å². The van der Waals surface area contributed by atoms with E-state index in [1.165, 1.54) is 0 Å². The highest BCUT2D eigenvalue weighted by Crippen LogP contribution is 2.25. The minimum Gasteiger partial charge on any atom is -0.489 e. The molecule has 3 N–H and O–H groups in total. The molecule has 0 aliphatic carbocycles. The quantitative estimate of drug-likeness (QED) is 0.498. The number of nitrogens with zero attached hydrogens (tertiary/aromatic N) is 4. The van der Waals surface area contributed by atoms with Crippen LogP contribution in [0.1, 0.15) is 28.9 Å². The first-order valence-electron chi connectivity index (χ1n) is 12.1. The number of piperidine rings is 1. The van der Waals surface area contributed by atoms with E-state index in [9.17, 15) is 4.79 Å². The highest BCUT2D eigenvalue weighted by atomic mass is 16.5. The molecule has 182 valence electrons. The van der Waals surface area contributed by atoms with Gasteiger partial charge < -0.3 is 25.4 Å². The first kappa shape index (κ1) is 23.2. The van der Waals surface area contributed by atoms with Crippen LogP contribution in [0.5, 0.6) is 5.75 Å². The Kier molecular flexibility index (Phi) is 7.15. The van der Waals surface area contributed by atoms with Crippen LogP contribution in [0.3, 0.4) is 0 Å². The number of benzene rings is 1. The normalized spacial score (nSPS) is 18.3. The zero-order valence-electron chi connectivity index (χ0n) is 19.7. The van der Waals surface area contributed by atoms with Crippen molar-refractivity contribution >= 4 is 17.3 Å². The van der Waals surface area contributed by atoms with Gasteiger partial charge in [0, 0.05) is 55.3 Å². The van der Waals surface area contributed by atoms with Gasteiger partial charge in [-0.2, -0.15) is 0 Å². The van der Waals surface area contributed by atoms with Crippen LogP contribution < -0.4 is 20.7 Å². The van der Waals surface area contributed by atoms with E-state index in [0.717, 1.165) is 61.6 Å². The molecule has 35 heavy (non-hydrogen) atoms. The first-order chi connectivity index (χ1) is 17.2. The number of hydrogen-bond acceptors (Lipinski definition) is 9. The van der Waals surface area contributed by atoms with E-state index in [0.29, 0.717) is 18.9 Å². The van der Waals surface area contributed by atoms with Crippen LogP contribution in [0.2, 0.25) is 0 Å². The van der Waals surface area contributed by atoms with Crippen LogP contribution in [0.15, 0.2) is 48.9 Å². The Morgan fingerprint density at radius 1 is 1.17 bits per heavy atom. The molecule has 2 aromatic heterocycles. The number of ether oxygens (including phenoxy) is 2. The van der Waals surface area contributed by atoms with Crippen molar-refractivity contribution in [2.24, 2.45) is 0 Å². The fraction of sp³-hybridized carbons (Fsp3) is 0.385. The molecule has 2 aliphatic heterocycles. The summed E-state index contributed by atoms with van der Waals surface area (Å²) in [6.07, 6.45) is 7.57. The third-order valence-electron chi connectivity index (χ3n) is 6.35. The maximum atomic E-state index is 13.2. The smallest absolute Gasteiger partial charge is 0.189 e. The first-order valence-corrected chi connectivity index (χ1v) is 12.1. The lowest BCUT2D eigenvalue weighted by Crippen LogP contribution is -2.37. The van der Waals surface area contributed by atoms with E-state index in [1.807, 2.05) is 30.3 Å². The van der Waals surface area contributed by atoms with Gasteiger partial charge in [-0.25, -0.2) is 9.97 Å². The van der Waals surface area contributed by atoms with Gasteiger partial charge in [0.15, 0.2) is 11.6 Å². The Labute approximate surface area is 204 Å². The van der Waals surface area contributed by atoms with Gasteiger partial charge in [0.2, 0.25) is 0 Å². The average molecular weight is 475 g/mol. The molecule has 5 rings (SSSR count). The zero-order valence-corrected chi connectivity index (χ0v) is 19.7. The maximum absolute atomic E-state index is 13.2. The number of pyridine rings is 1. The van der Waals surface area contributed by atoms with Crippen LogP contribution in [0, 0.1) is 0 Å². The monoisotopic (exact) mass is 474 g/mol. The highest BCUT2D eigenvalue weighted by molar-refractivity contribution is 6.00. The van der Waals surface area contributed by atoms with Crippen molar-refractivity contribution in [2.45, 2.75) is 25.4 Å². The summed E-state index contributed by atoms with van der Waals surface area (Å²) in [7, 11) is 0. The number of nitrogens with two attached hydrogens (primary N) is 1. The van der Waals surface area contributed by atoms with Crippen LogP contribution in [0.25, 0.3) is 11.3 Å². The third-order valence-corrected chi connectivity index (χ3v) is 6.35. The number of aromatic nitrogens is 3. The Morgan fingerprint density at radius 2 is 2.00 bits per heavy atom. The molecule has 0 spiro atoms. The second-order valence-electron chi connectivity index (χ2n) is 8.80. The van der Waals surface area contributed by atoms with Gasteiger partial charge in [-0.15, -0.1) is 0 Å². The standard InChI is InChI=1S/C26H30N6O3/c27-26-25(24(33)14-19-15-29-9-7-23(19)32-10-12-34-13-11-32)31-22(17-30-26)18-3-5-20(6-4-18)35-21-2-1-8-28-16-21/h3-7,9,15,17,21,28H,1-2,8,10-14,16H2,(H2,27,30). The van der Waals surface area contributed by atoms with Gasteiger partial charge in [0.05, 0.1) is 25.1 Å². The van der Waals surface area contributed by atoms with Crippen molar-refractivity contribution in [3.05, 3.63) is 60.2 Å². The second kappa shape index (κ2) is 10.8. The molecule has 2 aliphatic rings. The number of hydrogen-bond donors (Lipinski definition) is 2. The van der Waals surface area contributed by atoms with Gasteiger partial charge >= 0.3 is 0 Å². The lowest BCUT2D eigenvalue weighted by molar-refractivity contribution is 0.0988. The Balaban J connectivity index is 1.32. The highest BCUT2D eigenvalue weighted by Gasteiger charge is 2.20. The summed E-state index contributed by atoms with van der Waals surface area (Å²) >= 11 is 0. The van der Waals surface area contributed by atoms with Gasteiger partial charge in [-0.3, -0.25) is 9.78 Å². The molecule has 9 nitrogen and oxygen atoms in total. The van der Waals surface area contributed by atoms with Gasteiger partial charge in [0.1, 0.15) is 17.5 Å². The van der Waals surface area contributed by atoms with E-state index < -0.39 is 0 Å². The summed E-state index contributed by atoms with van der Waals surface area (Å²) in [4.78, 5) is 28.5. The molecule has 1 aromatic carbocycles. The summed E-state index contributed by atoms with van der Waals surface area (Å²) in [5, 5.41) is 3.35. The molecule has 0 amide bonds. The molecule has 9 heteroatoms. The number of nitrogens with one attached hydrogen (secondary N) is 1. The summed E-state index contributed by atoms with van der Waals surface area (Å²) in [5.41, 5.74) is 9.50. The lowest BCUT2D eigenvalue weighted by Gasteiger charge is -2.30. The number of rotatable bonds is 7. The Bertz CT molecular complexity index is 1160. The fourth-order valence-electron chi connectivity index (χ4n) is 4.49. The number of Topliss-reactive ketones (excluding diaryl/α,β-unsaturated/α-hetero) is 1. The zero-order chi connectivity index (χ0) is 24.0. The van der Waals surface area contributed by atoms with E-state index in [-0.39, 0.29) is 29.8 Å². The molecule has 2 fully saturated rings. The van der Waals surface area contributed by atoms with E-state index in [1.54, 1.807) is 18.6 Å². The molecule has 1 atom stereocenters. The summed E-state index contributed by atoms with van der Waals surface area (Å²) in [6, 6.07) is 9.64. The minimum atomic E-state index is -0.191. The van der Waals surface area contributed by atoms with Crippen LogP contribution >= 0.6 is 0 Å². The summed E-state index contributed by atoms with van der Waals surface area (Å²) in [5.74, 6) is 0.749. The second-order valence-corrected chi connectivity index (χ2v) is 8.80. The molecule has 1 unspecified atom stereocenters. The molecule has 0 saturated carbocycles. The molecule has 4 heterocycles. The summed E-state index contributed by atoms with van der Waals surface area (Å²) in [6.45, 7) is 4.79. The number of morpholine rings is 1. The number of carbonyl (C=O) groups is 1. The topological polar surface area (TPSA) is 115 Å². The van der Waals surface area contributed by atoms with Crippen LogP contribution in [-0.2, 0) is 11.2 Å². The van der Waals surface area contributed by atoms with E-state index in [2.05, 4.69) is 25.2 Å². The molecular weight excluding hydrogens is 444 g/mol. The predicted octanol–water partition coefficient (Wildman–Crippen LogP) is 2.51. The van der Waals surface area contributed by atoms with Crippen molar-refractivity contribution in [2.75, 3.05) is 50.0 Å². The van der Waals surface area contributed by atoms with Crippen molar-refractivity contribution in [1.29, 1.82) is 0 Å². The van der Waals surface area contributed by atoms with Crippen LogP contribution in [-0.4, -0.2) is 66.2 Å². The van der Waals surface area contributed by atoms with Gasteiger partial charge in [-0.05, 0) is 49.7 Å². The van der Waals surface area contributed by atoms with Crippen LogP contribution in [0.4, 0.5) is 11.5 Å². The molecule has 0 bridgehead atoms. The van der Waals surface area contributed by atoms with Crippen molar-refractivity contribution in [3.8, 4) is 17.0 Å². The SMILES string of the molecule is Nc1ncc(-c2ccc(OC3CCCNC3)cc2)nc1C(=O)Cc1cnccc1N1CCOCC1. The minimum absolute atomic E-state index is 0.125. The fourth-order valence-corrected chi connectivity index (χ4v) is 4.49. The lowest BCUT2D eigenvalue weighted by atomic mass is 10.1. The van der Waals surface area contributed by atoms with Crippen molar-refractivity contribution in [3.63, 3.8) is 0 Å². The third kappa shape index (κ3) is 5.58. The maximum Gasteiger partial charge on any atom is 0.189 e. The predicted molar refractivity (Wildman–Crippen MR) is 134 cm³/mol. The van der Waals surface area contributed by atoms with Crippen molar-refractivity contribution in [1.82, 2.24) is 20.3 Å². The number of nitrogen functional groups attached to an aromatic ring is 1. The summed E-state index contributed by atoms with van der Waals surface area (Å²) < 4.78 is 11.5. The van der Waals surface area contributed by atoms with Gasteiger partial charge in [0.25, 0.3) is 0 Å². The molecular formula is C26H30N6O3. The molecule has 0 radical (unpaired) electrons. The number of anilines is 2.